The summed E-state index contributed by atoms with van der Waals surface area (Å²) in [5.74, 6) is 2.58. The Morgan fingerprint density at radius 2 is 2.07 bits per heavy atom. The Morgan fingerprint density at radius 1 is 1.34 bits per heavy atom. The molecule has 0 amide bonds. The van der Waals surface area contributed by atoms with E-state index in [9.17, 15) is 9.50 Å². The van der Waals surface area contributed by atoms with E-state index in [1.165, 1.54) is 12.1 Å². The first-order chi connectivity index (χ1) is 13.5. The molecular formula is C20H30FIN6O. The number of aliphatic hydroxyl groups is 1. The Hall–Kier alpha value is -1.75. The number of nitrogens with one attached hydrogen (secondary N) is 2. The minimum absolute atomic E-state index is 0. The molecule has 2 heterocycles. The molecule has 0 fully saturated rings. The summed E-state index contributed by atoms with van der Waals surface area (Å²) in [5.41, 5.74) is 0.645. The van der Waals surface area contributed by atoms with Gasteiger partial charge >= 0.3 is 0 Å². The van der Waals surface area contributed by atoms with Crippen LogP contribution in [0, 0.1) is 5.82 Å². The number of aliphatic hydroxyl groups excluding tert-OH is 1. The SMILES string of the molecule is CCNC(=NCC(O)c1ccc(F)cc1)NC1CCc2nc(C(C)C)nn2C1.I. The number of hydrogen-bond donors (Lipinski definition) is 3. The van der Waals surface area contributed by atoms with Gasteiger partial charge in [-0.3, -0.25) is 4.99 Å². The molecule has 1 aromatic heterocycles. The van der Waals surface area contributed by atoms with Crippen LogP contribution in [0.15, 0.2) is 29.3 Å². The van der Waals surface area contributed by atoms with Crippen molar-refractivity contribution in [3.05, 3.63) is 47.3 Å². The Labute approximate surface area is 188 Å². The highest BCUT2D eigenvalue weighted by molar-refractivity contribution is 14.0. The fourth-order valence-electron chi connectivity index (χ4n) is 3.17. The van der Waals surface area contributed by atoms with E-state index in [0.29, 0.717) is 17.4 Å². The molecule has 1 aromatic carbocycles. The number of benzene rings is 1. The van der Waals surface area contributed by atoms with Gasteiger partial charge in [0.25, 0.3) is 0 Å². The molecule has 3 rings (SSSR count). The predicted octanol–water partition coefficient (Wildman–Crippen LogP) is 2.76. The summed E-state index contributed by atoms with van der Waals surface area (Å²) in [5, 5.41) is 21.6. The molecule has 0 saturated carbocycles. The number of aryl methyl sites for hydroxylation is 1. The van der Waals surface area contributed by atoms with Gasteiger partial charge in [-0.1, -0.05) is 26.0 Å². The molecule has 7 nitrogen and oxygen atoms in total. The molecule has 3 N–H and O–H groups in total. The van der Waals surface area contributed by atoms with E-state index in [1.54, 1.807) is 12.1 Å². The van der Waals surface area contributed by atoms with E-state index in [4.69, 9.17) is 0 Å². The molecule has 29 heavy (non-hydrogen) atoms. The highest BCUT2D eigenvalue weighted by Gasteiger charge is 2.23. The lowest BCUT2D eigenvalue weighted by atomic mass is 10.1. The van der Waals surface area contributed by atoms with Crippen LogP contribution < -0.4 is 10.6 Å². The van der Waals surface area contributed by atoms with Gasteiger partial charge in [0.15, 0.2) is 11.8 Å². The van der Waals surface area contributed by atoms with Crippen LogP contribution in [0.25, 0.3) is 0 Å². The average molecular weight is 516 g/mol. The smallest absolute Gasteiger partial charge is 0.191 e. The largest absolute Gasteiger partial charge is 0.386 e. The fourth-order valence-corrected chi connectivity index (χ4v) is 3.17. The first-order valence-corrected chi connectivity index (χ1v) is 9.88. The highest BCUT2D eigenvalue weighted by atomic mass is 127. The second kappa shape index (κ2) is 10.9. The molecule has 160 valence electrons. The number of fused-ring (bicyclic) bond motifs is 1. The predicted molar refractivity (Wildman–Crippen MR) is 122 cm³/mol. The van der Waals surface area contributed by atoms with Crippen LogP contribution in [0.4, 0.5) is 4.39 Å². The van der Waals surface area contributed by atoms with Crippen LogP contribution in [0.5, 0.6) is 0 Å². The van der Waals surface area contributed by atoms with Crippen molar-refractivity contribution in [3.8, 4) is 0 Å². The van der Waals surface area contributed by atoms with Crippen LogP contribution in [0.3, 0.4) is 0 Å². The van der Waals surface area contributed by atoms with Crippen molar-refractivity contribution in [2.24, 2.45) is 4.99 Å². The molecular weight excluding hydrogens is 486 g/mol. The first kappa shape index (κ1) is 23.5. The van der Waals surface area contributed by atoms with Gasteiger partial charge in [0.05, 0.1) is 19.2 Å². The van der Waals surface area contributed by atoms with Gasteiger partial charge < -0.3 is 15.7 Å². The molecule has 1 aliphatic rings. The summed E-state index contributed by atoms with van der Waals surface area (Å²) in [4.78, 5) is 9.12. The van der Waals surface area contributed by atoms with Crippen LogP contribution in [-0.2, 0) is 13.0 Å². The molecule has 0 radical (unpaired) electrons. The third-order valence-electron chi connectivity index (χ3n) is 4.75. The van der Waals surface area contributed by atoms with E-state index in [0.717, 1.165) is 37.6 Å². The molecule has 2 unspecified atom stereocenters. The van der Waals surface area contributed by atoms with E-state index in [2.05, 4.69) is 39.6 Å². The summed E-state index contributed by atoms with van der Waals surface area (Å²) in [6.07, 6.45) is 1.04. The lowest BCUT2D eigenvalue weighted by Gasteiger charge is -2.25. The second-order valence-electron chi connectivity index (χ2n) is 7.39. The second-order valence-corrected chi connectivity index (χ2v) is 7.39. The van der Waals surface area contributed by atoms with Crippen LogP contribution in [0.1, 0.15) is 56.4 Å². The number of halogens is 2. The normalized spacial score (nSPS) is 17.4. The summed E-state index contributed by atoms with van der Waals surface area (Å²) < 4.78 is 15.0. The van der Waals surface area contributed by atoms with Crippen molar-refractivity contribution in [1.29, 1.82) is 0 Å². The molecule has 9 heteroatoms. The van der Waals surface area contributed by atoms with Gasteiger partial charge in [-0.05, 0) is 31.0 Å². The molecule has 0 bridgehead atoms. The third-order valence-corrected chi connectivity index (χ3v) is 4.75. The molecule has 0 aliphatic carbocycles. The number of hydrogen-bond acceptors (Lipinski definition) is 4. The molecule has 2 atom stereocenters. The Kier molecular flexibility index (Phi) is 8.81. The number of aliphatic imine (C=N–C) groups is 1. The van der Waals surface area contributed by atoms with Crippen molar-refractivity contribution >= 4 is 29.9 Å². The summed E-state index contributed by atoms with van der Waals surface area (Å²) in [6.45, 7) is 7.84. The van der Waals surface area contributed by atoms with Gasteiger partial charge in [-0.15, -0.1) is 24.0 Å². The monoisotopic (exact) mass is 516 g/mol. The maximum atomic E-state index is 13.0. The van der Waals surface area contributed by atoms with E-state index >= 15 is 0 Å². The molecule has 2 aromatic rings. The number of nitrogens with zero attached hydrogens (tertiary/aromatic N) is 4. The summed E-state index contributed by atoms with van der Waals surface area (Å²) in [7, 11) is 0. The fraction of sp³-hybridized carbons (Fsp3) is 0.550. The van der Waals surface area contributed by atoms with Crippen molar-refractivity contribution in [2.75, 3.05) is 13.1 Å². The minimum atomic E-state index is -0.780. The van der Waals surface area contributed by atoms with Gasteiger partial charge in [0, 0.05) is 24.9 Å². The number of guanidine groups is 1. The Balaban J connectivity index is 0.00000300. The average Bonchev–Trinajstić information content (AvgIpc) is 3.10. The number of aromatic nitrogens is 3. The lowest BCUT2D eigenvalue weighted by Crippen LogP contribution is -2.47. The van der Waals surface area contributed by atoms with Crippen LogP contribution >= 0.6 is 24.0 Å². The van der Waals surface area contributed by atoms with Crippen LogP contribution in [0.2, 0.25) is 0 Å². The standard InChI is InChI=1S/C20H29FN6O.HI/c1-4-22-20(23-11-17(28)14-5-7-15(21)8-6-14)24-16-9-10-18-25-19(13(2)3)26-27(18)12-16;/h5-8,13,16-17,28H,4,9-12H2,1-3H3,(H2,22,23,24);1H. The van der Waals surface area contributed by atoms with Crippen molar-refractivity contribution in [1.82, 2.24) is 25.4 Å². The summed E-state index contributed by atoms with van der Waals surface area (Å²) >= 11 is 0. The first-order valence-electron chi connectivity index (χ1n) is 9.88. The van der Waals surface area contributed by atoms with Gasteiger partial charge in [-0.25, -0.2) is 14.1 Å². The minimum Gasteiger partial charge on any atom is -0.386 e. The quantitative estimate of drug-likeness (QED) is 0.313. The van der Waals surface area contributed by atoms with E-state index in [1.807, 2.05) is 11.6 Å². The molecule has 0 spiro atoms. The van der Waals surface area contributed by atoms with Gasteiger partial charge in [0.1, 0.15) is 11.6 Å². The highest BCUT2D eigenvalue weighted by Crippen LogP contribution is 2.17. The molecule has 1 aliphatic heterocycles. The van der Waals surface area contributed by atoms with Crippen molar-refractivity contribution < 1.29 is 9.50 Å². The third kappa shape index (κ3) is 6.36. The number of rotatable bonds is 6. The lowest BCUT2D eigenvalue weighted by molar-refractivity contribution is 0.187. The van der Waals surface area contributed by atoms with E-state index in [-0.39, 0.29) is 42.4 Å². The maximum Gasteiger partial charge on any atom is 0.191 e. The zero-order valence-electron chi connectivity index (χ0n) is 17.1. The Morgan fingerprint density at radius 3 is 2.72 bits per heavy atom. The maximum absolute atomic E-state index is 13.0. The topological polar surface area (TPSA) is 87.4 Å². The summed E-state index contributed by atoms with van der Waals surface area (Å²) in [6, 6.07) is 6.03. The van der Waals surface area contributed by atoms with Gasteiger partial charge in [0.2, 0.25) is 0 Å². The van der Waals surface area contributed by atoms with E-state index < -0.39 is 6.10 Å². The van der Waals surface area contributed by atoms with Gasteiger partial charge in [-0.2, -0.15) is 5.10 Å². The Bertz CT molecular complexity index is 808. The van der Waals surface area contributed by atoms with Crippen LogP contribution in [-0.4, -0.2) is 45.0 Å². The zero-order valence-corrected chi connectivity index (χ0v) is 19.4. The molecule has 0 saturated heterocycles. The van der Waals surface area contributed by atoms with Crippen molar-refractivity contribution in [3.63, 3.8) is 0 Å². The zero-order chi connectivity index (χ0) is 20.1. The van der Waals surface area contributed by atoms with Crippen molar-refractivity contribution in [2.45, 2.75) is 58.2 Å².